The highest BCUT2D eigenvalue weighted by atomic mass is 35.5. The number of pyridine rings is 2. The molecule has 0 bridgehead atoms. The molecule has 0 aliphatic carbocycles. The summed E-state index contributed by atoms with van der Waals surface area (Å²) in [6.07, 6.45) is 3.77. The normalized spacial score (nSPS) is 15.0. The summed E-state index contributed by atoms with van der Waals surface area (Å²) in [5.74, 6) is 0.101. The number of nitrogens with zero attached hydrogens (tertiary/aromatic N) is 4. The zero-order chi connectivity index (χ0) is 23.1. The molecule has 3 aromatic rings. The van der Waals surface area contributed by atoms with Crippen LogP contribution < -0.4 is 14.8 Å². The second-order valence-corrected chi connectivity index (χ2v) is 7.84. The molecule has 11 heteroatoms. The Morgan fingerprint density at radius 2 is 2.03 bits per heavy atom. The van der Waals surface area contributed by atoms with E-state index < -0.39 is 0 Å². The van der Waals surface area contributed by atoms with E-state index in [1.54, 1.807) is 12.1 Å². The number of aryl methyl sites for hydroxylation is 1. The van der Waals surface area contributed by atoms with Crippen LogP contribution in [-0.4, -0.2) is 52.5 Å². The molecule has 4 rings (SSSR count). The Morgan fingerprint density at radius 1 is 1.22 bits per heavy atom. The maximum absolute atomic E-state index is 13.0. The van der Waals surface area contributed by atoms with Gasteiger partial charge in [0.05, 0.1) is 32.1 Å². The Labute approximate surface area is 195 Å². The molecular weight excluding hydrogens is 454 g/mol. The molecule has 1 atom stereocenters. The van der Waals surface area contributed by atoms with Gasteiger partial charge in [-0.3, -0.25) is 15.1 Å². The monoisotopic (exact) mass is 477 g/mol. The minimum absolute atomic E-state index is 0.0432. The van der Waals surface area contributed by atoms with Crippen molar-refractivity contribution in [3.8, 4) is 22.1 Å². The number of hydrogen-bond donors (Lipinski definition) is 1. The first-order valence-corrected chi connectivity index (χ1v) is 11.3. The molecule has 1 unspecified atom stereocenters. The molecule has 9 nitrogen and oxygen atoms in total. The number of nitrogens with one attached hydrogen (secondary N) is 1. The highest BCUT2D eigenvalue weighted by Crippen LogP contribution is 2.34. The third kappa shape index (κ3) is 5.70. The van der Waals surface area contributed by atoms with Gasteiger partial charge in [0.25, 0.3) is 11.1 Å². The van der Waals surface area contributed by atoms with Crippen LogP contribution in [0.1, 0.15) is 36.3 Å². The van der Waals surface area contributed by atoms with E-state index in [-0.39, 0.29) is 17.2 Å². The van der Waals surface area contributed by atoms with Crippen molar-refractivity contribution >= 4 is 34.0 Å². The van der Waals surface area contributed by atoms with Gasteiger partial charge in [-0.15, -0.1) is 5.10 Å². The molecule has 4 heterocycles. The minimum Gasteiger partial charge on any atom is -0.494 e. The molecule has 0 saturated carbocycles. The molecular formula is C21H24ClN5O4S. The molecule has 1 fully saturated rings. The van der Waals surface area contributed by atoms with Gasteiger partial charge < -0.3 is 14.2 Å². The zero-order valence-corrected chi connectivity index (χ0v) is 19.8. The van der Waals surface area contributed by atoms with Crippen molar-refractivity contribution in [2.75, 3.05) is 25.6 Å². The number of amides is 1. The number of carbonyl (C=O) groups is 1. The van der Waals surface area contributed by atoms with Crippen LogP contribution >= 0.6 is 22.9 Å². The van der Waals surface area contributed by atoms with Gasteiger partial charge in [0.2, 0.25) is 5.13 Å². The summed E-state index contributed by atoms with van der Waals surface area (Å²) in [7, 11) is 1.53. The van der Waals surface area contributed by atoms with Crippen LogP contribution in [-0.2, 0) is 4.74 Å². The number of aromatic nitrogens is 4. The lowest BCUT2D eigenvalue weighted by Gasteiger charge is -2.13. The Morgan fingerprint density at radius 3 is 2.75 bits per heavy atom. The van der Waals surface area contributed by atoms with Crippen LogP contribution in [0.25, 0.3) is 11.1 Å². The van der Waals surface area contributed by atoms with Crippen LogP contribution in [0.5, 0.6) is 10.9 Å². The Kier molecular flexibility index (Phi) is 8.32. The van der Waals surface area contributed by atoms with Crippen molar-refractivity contribution in [1.29, 1.82) is 0 Å². The fraction of sp³-hybridized carbons (Fsp3) is 0.381. The van der Waals surface area contributed by atoms with E-state index in [0.29, 0.717) is 46.0 Å². The molecule has 170 valence electrons. The molecule has 0 radical (unpaired) electrons. The first-order chi connectivity index (χ1) is 15.5. The van der Waals surface area contributed by atoms with E-state index in [9.17, 15) is 4.79 Å². The summed E-state index contributed by atoms with van der Waals surface area (Å²) >= 11 is 7.22. The van der Waals surface area contributed by atoms with Crippen LogP contribution in [0.15, 0.2) is 24.5 Å². The summed E-state index contributed by atoms with van der Waals surface area (Å²) in [5.41, 5.74) is 2.32. The predicted molar refractivity (Wildman–Crippen MR) is 123 cm³/mol. The van der Waals surface area contributed by atoms with Gasteiger partial charge in [0.1, 0.15) is 17.0 Å². The van der Waals surface area contributed by atoms with Gasteiger partial charge in [-0.2, -0.15) is 0 Å². The molecule has 1 aliphatic heterocycles. The van der Waals surface area contributed by atoms with E-state index in [2.05, 4.69) is 25.5 Å². The first kappa shape index (κ1) is 23.8. The topological polar surface area (TPSA) is 108 Å². The van der Waals surface area contributed by atoms with Crippen LogP contribution in [0, 0.1) is 6.92 Å². The molecule has 1 aliphatic rings. The number of halogens is 1. The van der Waals surface area contributed by atoms with E-state index in [4.69, 9.17) is 25.8 Å². The van der Waals surface area contributed by atoms with Gasteiger partial charge in [0.15, 0.2) is 0 Å². The molecule has 0 spiro atoms. The van der Waals surface area contributed by atoms with Crippen molar-refractivity contribution in [3.05, 3.63) is 40.9 Å². The van der Waals surface area contributed by atoms with Crippen molar-refractivity contribution in [1.82, 2.24) is 20.2 Å². The number of ether oxygens (including phenoxy) is 3. The summed E-state index contributed by atoms with van der Waals surface area (Å²) < 4.78 is 16.4. The van der Waals surface area contributed by atoms with Crippen molar-refractivity contribution in [2.24, 2.45) is 0 Å². The fourth-order valence-corrected chi connectivity index (χ4v) is 3.79. The highest BCUT2D eigenvalue weighted by Gasteiger charge is 2.21. The third-order valence-electron chi connectivity index (χ3n) is 4.41. The lowest BCUT2D eigenvalue weighted by Crippen LogP contribution is -2.15. The average molecular weight is 478 g/mol. The number of methoxy groups -OCH3 is 1. The van der Waals surface area contributed by atoms with Crippen molar-refractivity contribution in [3.63, 3.8) is 0 Å². The van der Waals surface area contributed by atoms with E-state index in [1.165, 1.54) is 19.5 Å². The predicted octanol–water partition coefficient (Wildman–Crippen LogP) is 4.41. The van der Waals surface area contributed by atoms with E-state index >= 15 is 0 Å². The third-order valence-corrected chi connectivity index (χ3v) is 5.35. The van der Waals surface area contributed by atoms with Crippen molar-refractivity contribution in [2.45, 2.75) is 33.3 Å². The smallest absolute Gasteiger partial charge is 0.296 e. The first-order valence-electron chi connectivity index (χ1n) is 10.1. The maximum atomic E-state index is 13.0. The fourth-order valence-electron chi connectivity index (χ4n) is 2.97. The Balaban J connectivity index is 0.00000141. The van der Waals surface area contributed by atoms with Crippen LogP contribution in [0.3, 0.4) is 0 Å². The molecule has 32 heavy (non-hydrogen) atoms. The van der Waals surface area contributed by atoms with Crippen LogP contribution in [0.2, 0.25) is 5.15 Å². The Bertz CT molecular complexity index is 1070. The summed E-state index contributed by atoms with van der Waals surface area (Å²) in [6.45, 7) is 7.02. The molecule has 0 aromatic carbocycles. The van der Waals surface area contributed by atoms with Gasteiger partial charge in [0, 0.05) is 29.4 Å². The van der Waals surface area contributed by atoms with E-state index in [1.807, 2.05) is 20.8 Å². The maximum Gasteiger partial charge on any atom is 0.296 e. The molecule has 1 N–H and O–H groups in total. The minimum atomic E-state index is -0.389. The lowest BCUT2D eigenvalue weighted by molar-refractivity contribution is 0.102. The Hall–Kier alpha value is -2.82. The van der Waals surface area contributed by atoms with Crippen molar-refractivity contribution < 1.29 is 19.0 Å². The van der Waals surface area contributed by atoms with Gasteiger partial charge in [-0.25, -0.2) is 4.98 Å². The second-order valence-electron chi connectivity index (χ2n) is 6.51. The SMILES string of the molecule is CC.COc1cnc(Cl)cc1-c1cc(C)ncc1C(=O)Nc1nnc(OC2CCOC2)s1. The molecule has 1 amide bonds. The molecule has 3 aromatic heterocycles. The van der Waals surface area contributed by atoms with Crippen LogP contribution in [0.4, 0.5) is 5.13 Å². The highest BCUT2D eigenvalue weighted by molar-refractivity contribution is 7.17. The standard InChI is InChI=1S/C19H18ClN5O4S.C2H6/c1-10-5-12(13-6-16(20)22-8-15(13)27-2)14(7-21-10)17(26)23-18-24-25-19(30-18)29-11-3-4-28-9-11;1-2/h5-8,11H,3-4,9H2,1-2H3,(H,23,24,26);1-2H3. The zero-order valence-electron chi connectivity index (χ0n) is 18.2. The number of rotatable bonds is 6. The number of carbonyl (C=O) groups excluding carboxylic acids is 1. The lowest BCUT2D eigenvalue weighted by atomic mass is 10.0. The summed E-state index contributed by atoms with van der Waals surface area (Å²) in [5, 5.41) is 11.7. The average Bonchev–Trinajstić information content (AvgIpc) is 3.47. The van der Waals surface area contributed by atoms with E-state index in [0.717, 1.165) is 23.5 Å². The van der Waals surface area contributed by atoms with Gasteiger partial charge in [-0.1, -0.05) is 30.5 Å². The number of hydrogen-bond acceptors (Lipinski definition) is 9. The summed E-state index contributed by atoms with van der Waals surface area (Å²) in [4.78, 5) is 21.3. The number of anilines is 1. The quantitative estimate of drug-likeness (QED) is 0.520. The summed E-state index contributed by atoms with van der Waals surface area (Å²) in [6, 6.07) is 3.43. The molecule has 1 saturated heterocycles. The second kappa shape index (κ2) is 11.2. The largest absolute Gasteiger partial charge is 0.494 e. The van der Waals surface area contributed by atoms with Gasteiger partial charge >= 0.3 is 0 Å². The van der Waals surface area contributed by atoms with Gasteiger partial charge in [-0.05, 0) is 30.4 Å².